The Labute approximate surface area is 302 Å². The largest absolute Gasteiger partial charge is 0.467 e. The molecule has 276 valence electrons. The molecule has 4 rings (SSSR count). The molecular weight excluding hydrogens is 624 g/mol. The molecule has 50 heavy (non-hydrogen) atoms. The first-order chi connectivity index (χ1) is 24.3. The Morgan fingerprint density at radius 1 is 0.800 bits per heavy atom. The van der Waals surface area contributed by atoms with Crippen LogP contribution in [0.1, 0.15) is 119 Å². The van der Waals surface area contributed by atoms with Gasteiger partial charge in [-0.3, -0.25) is 4.79 Å². The fraction of sp³-hybridized carbons (Fsp3) is 0.591. The molecule has 0 amide bonds. The molecule has 0 heterocycles. The Balaban J connectivity index is 0.00000126. The van der Waals surface area contributed by atoms with E-state index in [4.69, 9.17) is 19.7 Å². The predicted octanol–water partition coefficient (Wildman–Crippen LogP) is 9.11. The third-order valence-electron chi connectivity index (χ3n) is 10.8. The molecule has 6 nitrogen and oxygen atoms in total. The first kappa shape index (κ1) is 41.2. The molecular formula is C44H64O6. The molecule has 0 bridgehead atoms. The summed E-state index contributed by atoms with van der Waals surface area (Å²) in [4.78, 5) is 22.6. The molecule has 2 aliphatic rings. The molecule has 0 saturated heterocycles. The summed E-state index contributed by atoms with van der Waals surface area (Å²) < 4.78 is 10.2. The zero-order valence-electron chi connectivity index (χ0n) is 31.0. The summed E-state index contributed by atoms with van der Waals surface area (Å²) in [6.45, 7) is 11.3. The van der Waals surface area contributed by atoms with E-state index < -0.39 is 12.6 Å². The van der Waals surface area contributed by atoms with Gasteiger partial charge >= 0.3 is 5.97 Å². The predicted molar refractivity (Wildman–Crippen MR) is 203 cm³/mol. The van der Waals surface area contributed by atoms with Crippen molar-refractivity contribution in [3.05, 3.63) is 95.1 Å². The van der Waals surface area contributed by atoms with Crippen LogP contribution in [0.25, 0.3) is 0 Å². The van der Waals surface area contributed by atoms with Crippen LogP contribution in [-0.4, -0.2) is 49.1 Å². The fourth-order valence-corrected chi connectivity index (χ4v) is 7.66. The second-order valence-corrected chi connectivity index (χ2v) is 14.9. The van der Waals surface area contributed by atoms with E-state index in [-0.39, 0.29) is 31.3 Å². The number of rotatable bonds is 19. The second kappa shape index (κ2) is 23.3. The highest BCUT2D eigenvalue weighted by Gasteiger charge is 2.31. The second-order valence-electron chi connectivity index (χ2n) is 14.9. The van der Waals surface area contributed by atoms with Crippen LogP contribution in [0.5, 0.6) is 0 Å². The van der Waals surface area contributed by atoms with Crippen molar-refractivity contribution in [1.29, 1.82) is 0 Å². The minimum atomic E-state index is -0.625. The SMILES string of the molecule is C=C(C)CO.C=C(CO)C(=O)OCC(COC=O)Cc1ccc(CCC2CCC(C3CCC(c4ccc(CCCCC)cc4)CC3)CC2)cc1. The lowest BCUT2D eigenvalue weighted by Gasteiger charge is -2.38. The molecule has 2 aromatic rings. The third kappa shape index (κ3) is 14.9. The number of ether oxygens (including phenoxy) is 2. The number of esters is 1. The molecule has 0 aliphatic heterocycles. The van der Waals surface area contributed by atoms with Gasteiger partial charge in [-0.25, -0.2) is 4.79 Å². The monoisotopic (exact) mass is 688 g/mol. The van der Waals surface area contributed by atoms with Gasteiger partial charge in [-0.05, 0) is 123 Å². The molecule has 0 spiro atoms. The van der Waals surface area contributed by atoms with E-state index in [0.29, 0.717) is 12.9 Å². The van der Waals surface area contributed by atoms with Crippen LogP contribution < -0.4 is 0 Å². The minimum absolute atomic E-state index is 0.0140. The quantitative estimate of drug-likeness (QED) is 0.0503. The smallest absolute Gasteiger partial charge is 0.335 e. The normalized spacial score (nSPS) is 20.9. The maximum Gasteiger partial charge on any atom is 0.335 e. The van der Waals surface area contributed by atoms with Crippen LogP contribution in [0.2, 0.25) is 0 Å². The van der Waals surface area contributed by atoms with Gasteiger partial charge in [0.1, 0.15) is 0 Å². The highest BCUT2D eigenvalue weighted by atomic mass is 16.5. The van der Waals surface area contributed by atoms with Crippen LogP contribution >= 0.6 is 0 Å². The van der Waals surface area contributed by atoms with Gasteiger partial charge in [0.15, 0.2) is 0 Å². The van der Waals surface area contributed by atoms with Gasteiger partial charge < -0.3 is 19.7 Å². The van der Waals surface area contributed by atoms with Gasteiger partial charge in [-0.15, -0.1) is 0 Å². The summed E-state index contributed by atoms with van der Waals surface area (Å²) >= 11 is 0. The first-order valence-corrected chi connectivity index (χ1v) is 19.2. The fourth-order valence-electron chi connectivity index (χ4n) is 7.66. The molecule has 2 saturated carbocycles. The maximum absolute atomic E-state index is 11.9. The zero-order valence-corrected chi connectivity index (χ0v) is 31.0. The van der Waals surface area contributed by atoms with E-state index in [9.17, 15) is 9.59 Å². The van der Waals surface area contributed by atoms with Gasteiger partial charge in [0.05, 0.1) is 32.0 Å². The molecule has 2 aromatic carbocycles. The van der Waals surface area contributed by atoms with E-state index >= 15 is 0 Å². The van der Waals surface area contributed by atoms with Crippen LogP contribution in [-0.2, 0) is 38.3 Å². The maximum atomic E-state index is 11.9. The molecule has 1 unspecified atom stereocenters. The first-order valence-electron chi connectivity index (χ1n) is 19.2. The van der Waals surface area contributed by atoms with Crippen molar-refractivity contribution in [2.45, 2.75) is 116 Å². The summed E-state index contributed by atoms with van der Waals surface area (Å²) in [7, 11) is 0. The number of unbranched alkanes of at least 4 members (excludes halogenated alkanes) is 2. The Bertz CT molecular complexity index is 1270. The molecule has 1 atom stereocenters. The van der Waals surface area contributed by atoms with Crippen molar-refractivity contribution < 1.29 is 29.3 Å². The lowest BCUT2D eigenvalue weighted by molar-refractivity contribution is -0.142. The van der Waals surface area contributed by atoms with Crippen LogP contribution in [0.4, 0.5) is 0 Å². The minimum Gasteiger partial charge on any atom is -0.467 e. The third-order valence-corrected chi connectivity index (χ3v) is 10.8. The van der Waals surface area contributed by atoms with E-state index in [1.165, 1.54) is 94.6 Å². The summed E-state index contributed by atoms with van der Waals surface area (Å²) in [6.07, 6.45) is 19.3. The van der Waals surface area contributed by atoms with E-state index in [2.05, 4.69) is 68.6 Å². The molecule has 2 aliphatic carbocycles. The highest BCUT2D eigenvalue weighted by Crippen LogP contribution is 2.44. The number of hydrogen-bond acceptors (Lipinski definition) is 6. The number of benzene rings is 2. The van der Waals surface area contributed by atoms with E-state index in [1.807, 2.05) is 0 Å². The number of aryl methyl sites for hydroxylation is 2. The number of aliphatic hydroxyl groups is 2. The number of carbonyl (C=O) groups is 2. The van der Waals surface area contributed by atoms with Gasteiger partial charge in [0, 0.05) is 5.92 Å². The molecule has 0 aromatic heterocycles. The van der Waals surface area contributed by atoms with Crippen molar-refractivity contribution in [3.63, 3.8) is 0 Å². The van der Waals surface area contributed by atoms with E-state index in [0.717, 1.165) is 41.2 Å². The topological polar surface area (TPSA) is 93.1 Å². The van der Waals surface area contributed by atoms with E-state index in [1.54, 1.807) is 12.5 Å². The average Bonchev–Trinajstić information content (AvgIpc) is 3.16. The van der Waals surface area contributed by atoms with Crippen molar-refractivity contribution >= 4 is 12.4 Å². The molecule has 6 heteroatoms. The summed E-state index contributed by atoms with van der Waals surface area (Å²) in [6, 6.07) is 18.3. The Morgan fingerprint density at radius 3 is 1.92 bits per heavy atom. The lowest BCUT2D eigenvalue weighted by atomic mass is 9.68. The number of aliphatic hydroxyl groups excluding tert-OH is 2. The average molecular weight is 689 g/mol. The molecule has 2 fully saturated rings. The van der Waals surface area contributed by atoms with Crippen molar-refractivity contribution in [2.24, 2.45) is 23.7 Å². The summed E-state index contributed by atoms with van der Waals surface area (Å²) in [5.41, 5.74) is 6.38. The number of carbonyl (C=O) groups excluding carboxylic acids is 2. The Hall–Kier alpha value is -3.22. The van der Waals surface area contributed by atoms with Gasteiger partial charge in [0.25, 0.3) is 6.47 Å². The van der Waals surface area contributed by atoms with Crippen LogP contribution in [0, 0.1) is 23.7 Å². The molecule has 2 N–H and O–H groups in total. The van der Waals surface area contributed by atoms with Crippen molar-refractivity contribution in [1.82, 2.24) is 0 Å². The standard InChI is InChI=1S/C40H56O5.C4H8O/c1-3-4-5-6-31-13-17-36(18-14-31)38-21-23-39(24-22-38)37-19-15-33(16-20-37)8-7-32-9-11-34(12-10-32)25-35(27-44-29-42)28-45-40(43)30(2)26-41;1-4(2)3-5/h9-14,17-18,29,33,35,37-39,41H,2-8,15-16,19-28H2,1H3;5H,1,3H2,2H3. The van der Waals surface area contributed by atoms with Gasteiger partial charge in [-0.2, -0.15) is 0 Å². The van der Waals surface area contributed by atoms with Crippen LogP contribution in [0.3, 0.4) is 0 Å². The highest BCUT2D eigenvalue weighted by molar-refractivity contribution is 5.87. The van der Waals surface area contributed by atoms with Gasteiger partial charge in [-0.1, -0.05) is 99.9 Å². The lowest BCUT2D eigenvalue weighted by Crippen LogP contribution is -2.25. The van der Waals surface area contributed by atoms with Crippen molar-refractivity contribution in [3.8, 4) is 0 Å². The zero-order chi connectivity index (χ0) is 36.1. The molecule has 0 radical (unpaired) electrons. The summed E-state index contributed by atoms with van der Waals surface area (Å²) in [5.74, 6) is 2.67. The van der Waals surface area contributed by atoms with Gasteiger partial charge in [0.2, 0.25) is 0 Å². The number of hydrogen-bond donors (Lipinski definition) is 2. The van der Waals surface area contributed by atoms with Crippen molar-refractivity contribution in [2.75, 3.05) is 26.4 Å². The Kier molecular flexibility index (Phi) is 19.2. The van der Waals surface area contributed by atoms with Crippen LogP contribution in [0.15, 0.2) is 72.8 Å². The Morgan fingerprint density at radius 2 is 1.36 bits per heavy atom. The summed E-state index contributed by atoms with van der Waals surface area (Å²) in [5, 5.41) is 17.1.